The second-order valence-electron chi connectivity index (χ2n) is 5.88. The van der Waals surface area contributed by atoms with E-state index in [1.165, 1.54) is 5.56 Å². The highest BCUT2D eigenvalue weighted by Crippen LogP contribution is 2.25. The van der Waals surface area contributed by atoms with Crippen LogP contribution >= 0.6 is 22.9 Å². The van der Waals surface area contributed by atoms with E-state index in [1.807, 2.05) is 60.7 Å². The lowest BCUT2D eigenvalue weighted by molar-refractivity contribution is 0.928. The predicted octanol–water partition coefficient (Wildman–Crippen LogP) is 5.96. The minimum absolute atomic E-state index is 0.661. The van der Waals surface area contributed by atoms with Crippen molar-refractivity contribution >= 4 is 22.9 Å². The number of para-hydroxylation sites is 1. The lowest BCUT2D eigenvalue weighted by atomic mass is 10.1. The van der Waals surface area contributed by atoms with Crippen LogP contribution in [0.4, 0.5) is 0 Å². The topological polar surface area (TPSA) is 17.3 Å². The van der Waals surface area contributed by atoms with Crippen LogP contribution in [0, 0.1) is 0 Å². The summed E-state index contributed by atoms with van der Waals surface area (Å²) in [7, 11) is 0. The molecule has 0 spiro atoms. The Morgan fingerprint density at radius 3 is 2.15 bits per heavy atom. The van der Waals surface area contributed by atoms with Crippen molar-refractivity contribution in [3.8, 4) is 16.9 Å². The number of nitrogens with zero attached hydrogens (tertiary/aromatic N) is 2. The van der Waals surface area contributed by atoms with E-state index in [0.717, 1.165) is 26.8 Å². The smallest absolute Gasteiger partial charge is 0.190 e. The van der Waals surface area contributed by atoms with E-state index in [4.69, 9.17) is 16.6 Å². The van der Waals surface area contributed by atoms with Crippen molar-refractivity contribution in [2.24, 2.45) is 4.99 Å². The van der Waals surface area contributed by atoms with Crippen LogP contribution in [0.5, 0.6) is 0 Å². The number of halogens is 1. The molecule has 4 rings (SSSR count). The maximum Gasteiger partial charge on any atom is 0.190 e. The minimum Gasteiger partial charge on any atom is -0.285 e. The fourth-order valence-electron chi connectivity index (χ4n) is 2.81. The third-order valence-electron chi connectivity index (χ3n) is 4.10. The highest BCUT2D eigenvalue weighted by Gasteiger charge is 2.10. The molecular weight excluding hydrogens is 360 g/mol. The fraction of sp³-hybridized carbons (Fsp3) is 0.0455. The molecule has 0 radical (unpaired) electrons. The molecule has 0 bridgehead atoms. The Labute approximate surface area is 161 Å². The van der Waals surface area contributed by atoms with Crippen molar-refractivity contribution in [3.05, 3.63) is 106 Å². The summed E-state index contributed by atoms with van der Waals surface area (Å²) in [5.41, 5.74) is 4.54. The zero-order valence-corrected chi connectivity index (χ0v) is 15.6. The van der Waals surface area contributed by atoms with Gasteiger partial charge in [0.15, 0.2) is 4.80 Å². The van der Waals surface area contributed by atoms with Gasteiger partial charge in [0.2, 0.25) is 0 Å². The Morgan fingerprint density at radius 2 is 1.46 bits per heavy atom. The van der Waals surface area contributed by atoms with Gasteiger partial charge in [0.25, 0.3) is 0 Å². The largest absolute Gasteiger partial charge is 0.285 e. The van der Waals surface area contributed by atoms with Gasteiger partial charge in [-0.25, -0.2) is 0 Å². The SMILES string of the molecule is Clc1ccc(-c2csc(=NCc3ccccc3)n2-c2ccccc2)cc1. The number of rotatable bonds is 4. The summed E-state index contributed by atoms with van der Waals surface area (Å²) in [5.74, 6) is 0. The van der Waals surface area contributed by atoms with Gasteiger partial charge in [-0.15, -0.1) is 11.3 Å². The van der Waals surface area contributed by atoms with Gasteiger partial charge in [0.1, 0.15) is 0 Å². The first-order valence-corrected chi connectivity index (χ1v) is 9.63. The molecule has 0 saturated heterocycles. The maximum absolute atomic E-state index is 6.06. The first kappa shape index (κ1) is 16.8. The average molecular weight is 377 g/mol. The number of thiazole rings is 1. The normalized spacial score (nSPS) is 11.7. The Balaban J connectivity index is 1.83. The van der Waals surface area contributed by atoms with Crippen LogP contribution in [0.2, 0.25) is 5.02 Å². The summed E-state index contributed by atoms with van der Waals surface area (Å²) < 4.78 is 2.21. The van der Waals surface area contributed by atoms with Gasteiger partial charge in [0.05, 0.1) is 12.2 Å². The quantitative estimate of drug-likeness (QED) is 0.418. The molecule has 1 aromatic heterocycles. The van der Waals surface area contributed by atoms with Crippen molar-refractivity contribution in [2.75, 3.05) is 0 Å². The highest BCUT2D eigenvalue weighted by molar-refractivity contribution is 7.07. The molecule has 4 heteroatoms. The van der Waals surface area contributed by atoms with Crippen LogP contribution in [0.1, 0.15) is 5.56 Å². The first-order valence-electron chi connectivity index (χ1n) is 8.37. The molecule has 3 aromatic carbocycles. The molecule has 0 amide bonds. The van der Waals surface area contributed by atoms with Crippen LogP contribution in [-0.4, -0.2) is 4.57 Å². The molecule has 0 unspecified atom stereocenters. The summed E-state index contributed by atoms with van der Waals surface area (Å²) in [4.78, 5) is 5.85. The lowest BCUT2D eigenvalue weighted by Crippen LogP contribution is -2.14. The van der Waals surface area contributed by atoms with Gasteiger partial charge in [-0.2, -0.15) is 0 Å². The molecule has 0 atom stereocenters. The molecule has 4 aromatic rings. The standard InChI is InChI=1S/C22H17ClN2S/c23-19-13-11-18(12-14-19)21-16-26-22(24-15-17-7-3-1-4-8-17)25(21)20-9-5-2-6-10-20/h1-14,16H,15H2. The molecule has 0 N–H and O–H groups in total. The first-order chi connectivity index (χ1) is 12.8. The number of hydrogen-bond acceptors (Lipinski definition) is 2. The van der Waals surface area contributed by atoms with Crippen molar-refractivity contribution in [2.45, 2.75) is 6.54 Å². The summed E-state index contributed by atoms with van der Waals surface area (Å²) >= 11 is 7.71. The predicted molar refractivity (Wildman–Crippen MR) is 110 cm³/mol. The molecular formula is C22H17ClN2S. The Kier molecular flexibility index (Phi) is 5.00. The maximum atomic E-state index is 6.06. The Hall–Kier alpha value is -2.62. The molecule has 1 heterocycles. The number of benzene rings is 3. The molecule has 0 aliphatic rings. The van der Waals surface area contributed by atoms with E-state index in [9.17, 15) is 0 Å². The van der Waals surface area contributed by atoms with Crippen molar-refractivity contribution in [1.82, 2.24) is 4.57 Å². The average Bonchev–Trinajstić information content (AvgIpc) is 3.12. The van der Waals surface area contributed by atoms with Gasteiger partial charge >= 0.3 is 0 Å². The van der Waals surface area contributed by atoms with Crippen LogP contribution in [-0.2, 0) is 6.54 Å². The summed E-state index contributed by atoms with van der Waals surface area (Å²) in [5, 5.41) is 2.89. The molecule has 0 fully saturated rings. The molecule has 0 aliphatic carbocycles. The lowest BCUT2D eigenvalue weighted by Gasteiger charge is -2.09. The molecule has 0 aliphatic heterocycles. The second-order valence-corrected chi connectivity index (χ2v) is 7.16. The van der Waals surface area contributed by atoms with E-state index in [-0.39, 0.29) is 0 Å². The second kappa shape index (κ2) is 7.73. The van der Waals surface area contributed by atoms with E-state index in [1.54, 1.807) is 11.3 Å². The molecule has 128 valence electrons. The Morgan fingerprint density at radius 1 is 0.808 bits per heavy atom. The van der Waals surface area contributed by atoms with Gasteiger partial charge < -0.3 is 0 Å². The summed E-state index contributed by atoms with van der Waals surface area (Å²) in [6.07, 6.45) is 0. The number of hydrogen-bond donors (Lipinski definition) is 0. The van der Waals surface area contributed by atoms with Gasteiger partial charge in [-0.1, -0.05) is 72.3 Å². The van der Waals surface area contributed by atoms with Crippen LogP contribution in [0.3, 0.4) is 0 Å². The van der Waals surface area contributed by atoms with Gasteiger partial charge in [0, 0.05) is 16.1 Å². The zero-order valence-electron chi connectivity index (χ0n) is 14.0. The van der Waals surface area contributed by atoms with Crippen molar-refractivity contribution < 1.29 is 0 Å². The summed E-state index contributed by atoms with van der Waals surface area (Å²) in [6.45, 7) is 0.661. The van der Waals surface area contributed by atoms with Gasteiger partial charge in [-0.05, 0) is 35.4 Å². The zero-order chi connectivity index (χ0) is 17.8. The van der Waals surface area contributed by atoms with E-state index < -0.39 is 0 Å². The van der Waals surface area contributed by atoms with Crippen LogP contribution in [0.15, 0.2) is 95.3 Å². The van der Waals surface area contributed by atoms with Crippen LogP contribution in [0.25, 0.3) is 16.9 Å². The highest BCUT2D eigenvalue weighted by atomic mass is 35.5. The van der Waals surface area contributed by atoms with Gasteiger partial charge in [-0.3, -0.25) is 9.56 Å². The van der Waals surface area contributed by atoms with Crippen molar-refractivity contribution in [3.63, 3.8) is 0 Å². The van der Waals surface area contributed by atoms with Crippen molar-refractivity contribution in [1.29, 1.82) is 0 Å². The third-order valence-corrected chi connectivity index (χ3v) is 5.22. The Bertz CT molecular complexity index is 1050. The molecule has 26 heavy (non-hydrogen) atoms. The molecule has 2 nitrogen and oxygen atoms in total. The monoisotopic (exact) mass is 376 g/mol. The minimum atomic E-state index is 0.661. The van der Waals surface area contributed by atoms with E-state index in [0.29, 0.717) is 6.54 Å². The summed E-state index contributed by atoms with van der Waals surface area (Å²) in [6, 6.07) is 28.6. The van der Waals surface area contributed by atoms with E-state index in [2.05, 4.69) is 34.2 Å². The third kappa shape index (κ3) is 3.64. The number of aromatic nitrogens is 1. The fourth-order valence-corrected chi connectivity index (χ4v) is 3.84. The molecule has 0 saturated carbocycles. The van der Waals surface area contributed by atoms with E-state index >= 15 is 0 Å². The van der Waals surface area contributed by atoms with Crippen LogP contribution < -0.4 is 4.80 Å².